The summed E-state index contributed by atoms with van der Waals surface area (Å²) < 4.78 is 12.8. The van der Waals surface area contributed by atoms with Gasteiger partial charge in [-0.3, -0.25) is 4.79 Å². The lowest BCUT2D eigenvalue weighted by Crippen LogP contribution is -2.34. The Balaban J connectivity index is 2.79. The minimum atomic E-state index is -0.490. The van der Waals surface area contributed by atoms with Gasteiger partial charge in [0.15, 0.2) is 0 Å². The molecule has 0 spiro atoms. The first kappa shape index (κ1) is 13.5. The molecule has 0 radical (unpaired) electrons. The first-order valence-electron chi connectivity index (χ1n) is 5.21. The molecule has 1 aromatic carbocycles. The number of carbonyl (C=O) groups excluding carboxylic acids is 1. The van der Waals surface area contributed by atoms with E-state index >= 15 is 0 Å². The Morgan fingerprint density at radius 2 is 2.35 bits per heavy atom. The van der Waals surface area contributed by atoms with Gasteiger partial charge in [0.05, 0.1) is 23.1 Å². The van der Waals surface area contributed by atoms with Crippen LogP contribution in [0, 0.1) is 17.1 Å². The molecule has 1 rings (SSSR count). The molecule has 0 aliphatic heterocycles. The normalized spacial score (nSPS) is 11.6. The zero-order valence-electron chi connectivity index (χ0n) is 9.34. The van der Waals surface area contributed by atoms with E-state index in [9.17, 15) is 9.18 Å². The second-order valence-corrected chi connectivity index (χ2v) is 3.97. The van der Waals surface area contributed by atoms with Crippen LogP contribution < -0.4 is 5.32 Å². The first-order valence-corrected chi connectivity index (χ1v) is 5.59. The number of carbonyl (C=O) groups is 1. The van der Waals surface area contributed by atoms with Gasteiger partial charge >= 0.3 is 0 Å². The Labute approximate surface area is 104 Å². The molecular formula is C12H12ClFN2O. The van der Waals surface area contributed by atoms with Crippen molar-refractivity contribution in [1.82, 2.24) is 5.32 Å². The van der Waals surface area contributed by atoms with Gasteiger partial charge in [0.1, 0.15) is 5.82 Å². The SMILES string of the molecule is CCC(CC#N)NC(=O)c1ccc(F)cc1Cl. The molecule has 3 nitrogen and oxygen atoms in total. The van der Waals surface area contributed by atoms with Gasteiger partial charge in [-0.2, -0.15) is 5.26 Å². The first-order chi connectivity index (χ1) is 8.08. The van der Waals surface area contributed by atoms with Crippen molar-refractivity contribution in [1.29, 1.82) is 5.26 Å². The van der Waals surface area contributed by atoms with Gasteiger partial charge in [0.25, 0.3) is 5.91 Å². The molecule has 0 aliphatic rings. The fourth-order valence-corrected chi connectivity index (χ4v) is 1.60. The number of hydrogen-bond acceptors (Lipinski definition) is 2. The van der Waals surface area contributed by atoms with Crippen LogP contribution in [0.2, 0.25) is 5.02 Å². The highest BCUT2D eigenvalue weighted by Gasteiger charge is 2.14. The van der Waals surface area contributed by atoms with E-state index in [-0.39, 0.29) is 23.0 Å². The average Bonchev–Trinajstić information content (AvgIpc) is 2.28. The van der Waals surface area contributed by atoms with Gasteiger partial charge in [0.2, 0.25) is 0 Å². The Bertz CT molecular complexity index is 456. The molecule has 1 aromatic rings. The third-order valence-corrected chi connectivity index (χ3v) is 2.65. The summed E-state index contributed by atoms with van der Waals surface area (Å²) >= 11 is 5.76. The lowest BCUT2D eigenvalue weighted by Gasteiger charge is -2.14. The maximum atomic E-state index is 12.8. The molecule has 1 amide bonds. The summed E-state index contributed by atoms with van der Waals surface area (Å²) in [5.41, 5.74) is 0.212. The van der Waals surface area contributed by atoms with Crippen LogP contribution in [-0.2, 0) is 0 Å². The van der Waals surface area contributed by atoms with E-state index in [4.69, 9.17) is 16.9 Å². The summed E-state index contributed by atoms with van der Waals surface area (Å²) in [6.07, 6.45) is 0.888. The lowest BCUT2D eigenvalue weighted by atomic mass is 10.1. The topological polar surface area (TPSA) is 52.9 Å². The second-order valence-electron chi connectivity index (χ2n) is 3.57. The van der Waals surface area contributed by atoms with Crippen LogP contribution in [0.25, 0.3) is 0 Å². The second kappa shape index (κ2) is 6.21. The summed E-state index contributed by atoms with van der Waals surface area (Å²) in [5.74, 6) is -0.882. The van der Waals surface area contributed by atoms with E-state index in [2.05, 4.69) is 5.32 Å². The molecule has 0 aliphatic carbocycles. The van der Waals surface area contributed by atoms with Gasteiger partial charge in [-0.15, -0.1) is 0 Å². The highest BCUT2D eigenvalue weighted by Crippen LogP contribution is 2.17. The van der Waals surface area contributed by atoms with E-state index in [1.165, 1.54) is 12.1 Å². The number of hydrogen-bond donors (Lipinski definition) is 1. The Morgan fingerprint density at radius 1 is 1.65 bits per heavy atom. The third-order valence-electron chi connectivity index (χ3n) is 2.34. The lowest BCUT2D eigenvalue weighted by molar-refractivity contribution is 0.0937. The molecule has 1 atom stereocenters. The number of halogens is 2. The molecule has 90 valence electrons. The van der Waals surface area contributed by atoms with E-state index in [1.54, 1.807) is 0 Å². The Kier molecular flexibility index (Phi) is 4.92. The van der Waals surface area contributed by atoms with Crippen molar-refractivity contribution in [2.45, 2.75) is 25.8 Å². The Hall–Kier alpha value is -1.60. The highest BCUT2D eigenvalue weighted by molar-refractivity contribution is 6.33. The van der Waals surface area contributed by atoms with Crippen molar-refractivity contribution >= 4 is 17.5 Å². The molecule has 5 heteroatoms. The molecule has 0 saturated carbocycles. The largest absolute Gasteiger partial charge is 0.348 e. The molecule has 0 fully saturated rings. The molecule has 0 bridgehead atoms. The van der Waals surface area contributed by atoms with Gasteiger partial charge in [-0.25, -0.2) is 4.39 Å². The van der Waals surface area contributed by atoms with Crippen LogP contribution in [-0.4, -0.2) is 11.9 Å². The van der Waals surface area contributed by atoms with Crippen molar-refractivity contribution < 1.29 is 9.18 Å². The summed E-state index contributed by atoms with van der Waals surface area (Å²) in [5, 5.41) is 11.3. The number of nitrogens with one attached hydrogen (secondary N) is 1. The summed E-state index contributed by atoms with van der Waals surface area (Å²) in [7, 11) is 0. The maximum absolute atomic E-state index is 12.8. The van der Waals surface area contributed by atoms with Crippen LogP contribution in [0.1, 0.15) is 30.1 Å². The third kappa shape index (κ3) is 3.72. The standard InChI is InChI=1S/C12H12ClFN2O/c1-2-9(5-6-15)16-12(17)10-4-3-8(14)7-11(10)13/h3-4,7,9H,2,5H2,1H3,(H,16,17). The van der Waals surface area contributed by atoms with Crippen LogP contribution >= 0.6 is 11.6 Å². The summed E-state index contributed by atoms with van der Waals surface area (Å²) in [6.45, 7) is 1.87. The van der Waals surface area contributed by atoms with Crippen LogP contribution in [0.3, 0.4) is 0 Å². The average molecular weight is 255 g/mol. The highest BCUT2D eigenvalue weighted by atomic mass is 35.5. The summed E-state index contributed by atoms with van der Waals surface area (Å²) in [4.78, 5) is 11.8. The van der Waals surface area contributed by atoms with E-state index < -0.39 is 11.7 Å². The minimum absolute atomic E-state index is 0.0642. The maximum Gasteiger partial charge on any atom is 0.253 e. The molecular weight excluding hydrogens is 243 g/mol. The van der Waals surface area contributed by atoms with E-state index in [0.717, 1.165) is 6.07 Å². The number of amides is 1. The van der Waals surface area contributed by atoms with Crippen molar-refractivity contribution in [2.24, 2.45) is 0 Å². The predicted molar refractivity (Wildman–Crippen MR) is 63.2 cm³/mol. The van der Waals surface area contributed by atoms with E-state index in [0.29, 0.717) is 6.42 Å². The van der Waals surface area contributed by atoms with Crippen molar-refractivity contribution in [3.05, 3.63) is 34.6 Å². The zero-order chi connectivity index (χ0) is 12.8. The quantitative estimate of drug-likeness (QED) is 0.898. The van der Waals surface area contributed by atoms with Gasteiger partial charge < -0.3 is 5.32 Å². The Morgan fingerprint density at radius 3 is 2.88 bits per heavy atom. The van der Waals surface area contributed by atoms with Gasteiger partial charge in [-0.05, 0) is 24.6 Å². The molecule has 0 aromatic heterocycles. The summed E-state index contributed by atoms with van der Waals surface area (Å²) in [6, 6.07) is 5.36. The van der Waals surface area contributed by atoms with Gasteiger partial charge in [-0.1, -0.05) is 18.5 Å². The van der Waals surface area contributed by atoms with E-state index in [1.807, 2.05) is 13.0 Å². The number of benzene rings is 1. The smallest absolute Gasteiger partial charge is 0.253 e. The van der Waals surface area contributed by atoms with Crippen molar-refractivity contribution in [3.63, 3.8) is 0 Å². The number of rotatable bonds is 4. The fraction of sp³-hybridized carbons (Fsp3) is 0.333. The van der Waals surface area contributed by atoms with Crippen LogP contribution in [0.5, 0.6) is 0 Å². The van der Waals surface area contributed by atoms with Gasteiger partial charge in [0, 0.05) is 6.04 Å². The monoisotopic (exact) mass is 254 g/mol. The molecule has 17 heavy (non-hydrogen) atoms. The molecule has 1 N–H and O–H groups in total. The minimum Gasteiger partial charge on any atom is -0.348 e. The predicted octanol–water partition coefficient (Wildman–Crippen LogP) is 2.90. The van der Waals surface area contributed by atoms with Crippen molar-refractivity contribution in [2.75, 3.05) is 0 Å². The van der Waals surface area contributed by atoms with Crippen LogP contribution in [0.4, 0.5) is 4.39 Å². The molecule has 0 heterocycles. The number of nitrogens with zero attached hydrogens (tertiary/aromatic N) is 1. The number of nitriles is 1. The molecule has 1 unspecified atom stereocenters. The van der Waals surface area contributed by atoms with Crippen molar-refractivity contribution in [3.8, 4) is 6.07 Å². The zero-order valence-corrected chi connectivity index (χ0v) is 10.1. The fourth-order valence-electron chi connectivity index (χ4n) is 1.34. The molecule has 0 saturated heterocycles. The van der Waals surface area contributed by atoms with Crippen LogP contribution in [0.15, 0.2) is 18.2 Å².